The third-order valence-corrected chi connectivity index (χ3v) is 8.19. The smallest absolute Gasteiger partial charge is 0.256 e. The van der Waals surface area contributed by atoms with E-state index in [0.29, 0.717) is 5.56 Å². The number of benzene rings is 2. The van der Waals surface area contributed by atoms with Gasteiger partial charge in [-0.05, 0) is 55.7 Å². The van der Waals surface area contributed by atoms with Crippen molar-refractivity contribution in [2.45, 2.75) is 35.6 Å². The summed E-state index contributed by atoms with van der Waals surface area (Å²) in [6.07, 6.45) is 1.59. The van der Waals surface area contributed by atoms with Gasteiger partial charge >= 0.3 is 0 Å². The number of hydrogen-bond acceptors (Lipinski definition) is 6. The standard InChI is InChI=1S/C20H25N3O6S2/c1-13-5-8-16(31(27,28)23(2)3)11-17(13)20(24)21-18-12-15(9-10-19(18)29-4)30(25,26)22-14-6-7-14/h5,8-12,14,22H,6-7H2,1-4H3,(H,21,24). The molecule has 1 amide bonds. The molecule has 0 aliphatic heterocycles. The Hall–Kier alpha value is -2.47. The number of anilines is 1. The van der Waals surface area contributed by atoms with Gasteiger partial charge < -0.3 is 10.1 Å². The molecule has 0 aromatic heterocycles. The van der Waals surface area contributed by atoms with Crippen molar-refractivity contribution in [2.24, 2.45) is 0 Å². The molecule has 0 saturated heterocycles. The second-order valence-corrected chi connectivity index (χ2v) is 11.3. The van der Waals surface area contributed by atoms with Crippen LogP contribution in [0, 0.1) is 6.92 Å². The van der Waals surface area contributed by atoms with Gasteiger partial charge in [0.05, 0.1) is 22.6 Å². The number of carbonyl (C=O) groups excluding carboxylic acids is 1. The maximum absolute atomic E-state index is 13.0. The van der Waals surface area contributed by atoms with E-state index in [-0.39, 0.29) is 32.8 Å². The van der Waals surface area contributed by atoms with Gasteiger partial charge in [-0.15, -0.1) is 0 Å². The van der Waals surface area contributed by atoms with Crippen LogP contribution in [-0.4, -0.2) is 54.3 Å². The van der Waals surface area contributed by atoms with E-state index < -0.39 is 26.0 Å². The largest absolute Gasteiger partial charge is 0.495 e. The quantitative estimate of drug-likeness (QED) is 0.612. The van der Waals surface area contributed by atoms with Gasteiger partial charge in [0.1, 0.15) is 5.75 Å². The zero-order chi connectivity index (χ0) is 23.0. The molecule has 0 unspecified atom stereocenters. The van der Waals surface area contributed by atoms with Crippen LogP contribution >= 0.6 is 0 Å². The highest BCUT2D eigenvalue weighted by Gasteiger charge is 2.28. The molecule has 0 atom stereocenters. The number of aryl methyl sites for hydroxylation is 1. The fourth-order valence-corrected chi connectivity index (χ4v) is 5.11. The summed E-state index contributed by atoms with van der Waals surface area (Å²) in [6, 6.07) is 8.38. The molecule has 2 N–H and O–H groups in total. The summed E-state index contributed by atoms with van der Waals surface area (Å²) in [5.41, 5.74) is 0.870. The maximum Gasteiger partial charge on any atom is 0.256 e. The van der Waals surface area contributed by atoms with Gasteiger partial charge in [0.25, 0.3) is 5.91 Å². The lowest BCUT2D eigenvalue weighted by molar-refractivity contribution is 0.102. The van der Waals surface area contributed by atoms with Gasteiger partial charge in [0, 0.05) is 25.7 Å². The van der Waals surface area contributed by atoms with Crippen molar-refractivity contribution in [3.63, 3.8) is 0 Å². The van der Waals surface area contributed by atoms with Crippen LogP contribution in [0.1, 0.15) is 28.8 Å². The van der Waals surface area contributed by atoms with Crippen molar-refractivity contribution in [2.75, 3.05) is 26.5 Å². The van der Waals surface area contributed by atoms with E-state index in [1.807, 2.05) is 0 Å². The van der Waals surface area contributed by atoms with E-state index in [4.69, 9.17) is 4.74 Å². The summed E-state index contributed by atoms with van der Waals surface area (Å²) < 4.78 is 58.8. The van der Waals surface area contributed by atoms with Crippen LogP contribution in [0.3, 0.4) is 0 Å². The van der Waals surface area contributed by atoms with Crippen molar-refractivity contribution >= 4 is 31.6 Å². The number of amides is 1. The Labute approximate surface area is 182 Å². The van der Waals surface area contributed by atoms with Crippen LogP contribution < -0.4 is 14.8 Å². The van der Waals surface area contributed by atoms with Gasteiger partial charge in [-0.3, -0.25) is 4.79 Å². The summed E-state index contributed by atoms with van der Waals surface area (Å²) in [6.45, 7) is 1.68. The molecule has 1 fully saturated rings. The lowest BCUT2D eigenvalue weighted by atomic mass is 10.1. The number of carbonyl (C=O) groups is 1. The fraction of sp³-hybridized carbons (Fsp3) is 0.350. The van der Waals surface area contributed by atoms with E-state index in [2.05, 4.69) is 10.0 Å². The Balaban J connectivity index is 1.95. The van der Waals surface area contributed by atoms with Crippen molar-refractivity contribution < 1.29 is 26.4 Å². The molecule has 0 bridgehead atoms. The highest BCUT2D eigenvalue weighted by atomic mass is 32.2. The first-order valence-corrected chi connectivity index (χ1v) is 12.4. The van der Waals surface area contributed by atoms with Crippen LogP contribution in [0.15, 0.2) is 46.2 Å². The Morgan fingerprint density at radius 3 is 2.26 bits per heavy atom. The first-order valence-electron chi connectivity index (χ1n) is 9.50. The molecule has 31 heavy (non-hydrogen) atoms. The number of sulfonamides is 2. The average Bonchev–Trinajstić information content (AvgIpc) is 3.51. The highest BCUT2D eigenvalue weighted by Crippen LogP contribution is 2.30. The summed E-state index contributed by atoms with van der Waals surface area (Å²) >= 11 is 0. The zero-order valence-corrected chi connectivity index (χ0v) is 19.3. The fourth-order valence-electron chi connectivity index (χ4n) is 2.85. The molecule has 2 aromatic rings. The third kappa shape index (κ3) is 5.06. The number of nitrogens with one attached hydrogen (secondary N) is 2. The predicted octanol–water partition coefficient (Wildman–Crippen LogP) is 1.95. The summed E-state index contributed by atoms with van der Waals surface area (Å²) in [7, 11) is -3.25. The molecule has 1 aliphatic carbocycles. The molecular weight excluding hydrogens is 442 g/mol. The number of nitrogens with zero attached hydrogens (tertiary/aromatic N) is 1. The number of ether oxygens (including phenoxy) is 1. The molecule has 168 valence electrons. The van der Waals surface area contributed by atoms with Gasteiger partial charge in [0.15, 0.2) is 0 Å². The van der Waals surface area contributed by atoms with Gasteiger partial charge in [0.2, 0.25) is 20.0 Å². The Morgan fingerprint density at radius 1 is 1.03 bits per heavy atom. The van der Waals surface area contributed by atoms with Crippen molar-refractivity contribution in [3.05, 3.63) is 47.5 Å². The Bertz CT molecular complexity index is 1220. The van der Waals surface area contributed by atoms with Crippen LogP contribution in [0.4, 0.5) is 5.69 Å². The molecule has 0 radical (unpaired) electrons. The predicted molar refractivity (Wildman–Crippen MR) is 116 cm³/mol. The zero-order valence-electron chi connectivity index (χ0n) is 17.7. The molecule has 11 heteroatoms. The maximum atomic E-state index is 13.0. The number of rotatable bonds is 8. The molecule has 1 saturated carbocycles. The van der Waals surface area contributed by atoms with Crippen molar-refractivity contribution in [1.82, 2.24) is 9.03 Å². The van der Waals surface area contributed by atoms with Gasteiger partial charge in [-0.2, -0.15) is 0 Å². The highest BCUT2D eigenvalue weighted by molar-refractivity contribution is 7.89. The van der Waals surface area contributed by atoms with E-state index in [1.165, 1.54) is 51.5 Å². The van der Waals surface area contributed by atoms with Crippen LogP contribution in [0.2, 0.25) is 0 Å². The van der Waals surface area contributed by atoms with E-state index in [9.17, 15) is 21.6 Å². The minimum absolute atomic E-state index is 0.00356. The van der Waals surface area contributed by atoms with Crippen LogP contribution in [0.25, 0.3) is 0 Å². The monoisotopic (exact) mass is 467 g/mol. The summed E-state index contributed by atoms with van der Waals surface area (Å²) in [4.78, 5) is 12.9. The Kier molecular flexibility index (Phi) is 6.42. The van der Waals surface area contributed by atoms with E-state index in [1.54, 1.807) is 13.0 Å². The number of hydrogen-bond donors (Lipinski definition) is 2. The molecular formula is C20H25N3O6S2. The van der Waals surface area contributed by atoms with E-state index >= 15 is 0 Å². The van der Waals surface area contributed by atoms with E-state index in [0.717, 1.165) is 17.1 Å². The lowest BCUT2D eigenvalue weighted by Gasteiger charge is -2.15. The minimum Gasteiger partial charge on any atom is -0.495 e. The molecule has 9 nitrogen and oxygen atoms in total. The minimum atomic E-state index is -3.73. The van der Waals surface area contributed by atoms with Gasteiger partial charge in [-0.25, -0.2) is 25.9 Å². The van der Waals surface area contributed by atoms with Crippen LogP contribution in [-0.2, 0) is 20.0 Å². The second-order valence-electron chi connectivity index (χ2n) is 7.48. The Morgan fingerprint density at radius 2 is 1.68 bits per heavy atom. The topological polar surface area (TPSA) is 122 Å². The SMILES string of the molecule is COc1ccc(S(=O)(=O)NC2CC2)cc1NC(=O)c1cc(S(=O)(=O)N(C)C)ccc1C. The average molecular weight is 468 g/mol. The van der Waals surface area contributed by atoms with Crippen molar-refractivity contribution in [1.29, 1.82) is 0 Å². The molecule has 0 heterocycles. The molecule has 0 spiro atoms. The van der Waals surface area contributed by atoms with Crippen LogP contribution in [0.5, 0.6) is 5.75 Å². The number of methoxy groups -OCH3 is 1. The molecule has 3 rings (SSSR count). The molecule has 2 aromatic carbocycles. The normalized spacial score (nSPS) is 14.5. The first-order chi connectivity index (χ1) is 14.5. The summed E-state index contributed by atoms with van der Waals surface area (Å²) in [5, 5.41) is 2.64. The second kappa shape index (κ2) is 8.58. The molecule has 1 aliphatic rings. The summed E-state index contributed by atoms with van der Waals surface area (Å²) in [5.74, 6) is -0.315. The van der Waals surface area contributed by atoms with Crippen molar-refractivity contribution in [3.8, 4) is 5.75 Å². The first kappa shape index (κ1) is 23.2. The lowest BCUT2D eigenvalue weighted by Crippen LogP contribution is -2.26. The third-order valence-electron chi connectivity index (χ3n) is 4.86. The van der Waals surface area contributed by atoms with Gasteiger partial charge in [-0.1, -0.05) is 6.07 Å².